The summed E-state index contributed by atoms with van der Waals surface area (Å²) in [6, 6.07) is 6.85. The molecule has 0 unspecified atom stereocenters. The van der Waals surface area contributed by atoms with Crippen LogP contribution in [0, 0.1) is 20.8 Å². The molecule has 2 heterocycles. The number of aryl methyl sites for hydroxylation is 2. The maximum Gasteiger partial charge on any atom is 0.253 e. The van der Waals surface area contributed by atoms with Gasteiger partial charge < -0.3 is 5.32 Å². The van der Waals surface area contributed by atoms with Crippen LogP contribution in [0.15, 0.2) is 29.4 Å². The molecule has 0 saturated heterocycles. The van der Waals surface area contributed by atoms with Crippen LogP contribution in [-0.2, 0) is 4.79 Å². The van der Waals surface area contributed by atoms with Crippen molar-refractivity contribution in [1.29, 1.82) is 0 Å². The molecule has 0 bridgehead atoms. The number of carbonyl (C=O) groups is 2. The minimum atomic E-state index is -0.350. The van der Waals surface area contributed by atoms with Crippen LogP contribution in [0.4, 0.5) is 5.69 Å². The fourth-order valence-electron chi connectivity index (χ4n) is 2.65. The third-order valence-electron chi connectivity index (χ3n) is 4.38. The van der Waals surface area contributed by atoms with E-state index in [9.17, 15) is 9.59 Å². The quantitative estimate of drug-likeness (QED) is 0.537. The molecule has 1 amide bonds. The Kier molecular flexibility index (Phi) is 5.27. The summed E-state index contributed by atoms with van der Waals surface area (Å²) in [5, 5.41) is 7.34. The zero-order valence-corrected chi connectivity index (χ0v) is 16.7. The first kappa shape index (κ1) is 19.0. The van der Waals surface area contributed by atoms with Gasteiger partial charge in [-0.25, -0.2) is 9.50 Å². The molecule has 1 atom stereocenters. The van der Waals surface area contributed by atoms with Gasteiger partial charge in [-0.15, -0.1) is 5.10 Å². The van der Waals surface area contributed by atoms with Crippen LogP contribution in [-0.4, -0.2) is 36.5 Å². The number of nitrogens with zero attached hydrogens (tertiary/aromatic N) is 4. The van der Waals surface area contributed by atoms with Crippen molar-refractivity contribution in [3.05, 3.63) is 46.8 Å². The molecule has 0 aliphatic rings. The second-order valence-corrected chi connectivity index (χ2v) is 7.70. The molecular formula is C19H21N5O2S. The first-order valence-corrected chi connectivity index (χ1v) is 9.43. The van der Waals surface area contributed by atoms with Crippen molar-refractivity contribution in [2.75, 3.05) is 5.32 Å². The molecule has 7 nitrogen and oxygen atoms in total. The van der Waals surface area contributed by atoms with E-state index in [1.165, 1.54) is 18.7 Å². The van der Waals surface area contributed by atoms with Crippen LogP contribution in [0.2, 0.25) is 0 Å². The Balaban J connectivity index is 1.77. The van der Waals surface area contributed by atoms with Gasteiger partial charge in [-0.1, -0.05) is 11.8 Å². The normalized spacial score (nSPS) is 12.2. The standard InChI is InChI=1S/C19H21N5O2S/c1-10-11(2)20-18-22-19(23-24(18)12(10)3)27-13(4)17(26)15-6-8-16(9-7-15)21-14(5)25/h6-9,13H,1-5H3,(H,21,25)/t13-/m1/s1. The molecule has 0 radical (unpaired) electrons. The zero-order valence-electron chi connectivity index (χ0n) is 15.9. The average molecular weight is 383 g/mol. The van der Waals surface area contributed by atoms with Crippen molar-refractivity contribution in [1.82, 2.24) is 19.6 Å². The van der Waals surface area contributed by atoms with Gasteiger partial charge in [0.1, 0.15) is 0 Å². The molecule has 0 aliphatic carbocycles. The van der Waals surface area contributed by atoms with Gasteiger partial charge in [0.15, 0.2) is 5.78 Å². The second kappa shape index (κ2) is 7.48. The second-order valence-electron chi connectivity index (χ2n) is 6.40. The fraction of sp³-hybridized carbons (Fsp3) is 0.316. The third-order valence-corrected chi connectivity index (χ3v) is 5.33. The summed E-state index contributed by atoms with van der Waals surface area (Å²) in [6.07, 6.45) is 0. The number of nitrogens with one attached hydrogen (secondary N) is 1. The Morgan fingerprint density at radius 1 is 1.11 bits per heavy atom. The number of anilines is 1. The van der Waals surface area contributed by atoms with Crippen molar-refractivity contribution in [2.45, 2.75) is 45.0 Å². The van der Waals surface area contributed by atoms with Gasteiger partial charge in [0.2, 0.25) is 11.1 Å². The molecule has 0 saturated carbocycles. The van der Waals surface area contributed by atoms with Gasteiger partial charge in [-0.05, 0) is 57.5 Å². The lowest BCUT2D eigenvalue weighted by Gasteiger charge is -2.09. The fourth-order valence-corrected chi connectivity index (χ4v) is 3.48. The van der Waals surface area contributed by atoms with Crippen molar-refractivity contribution < 1.29 is 9.59 Å². The van der Waals surface area contributed by atoms with Crippen molar-refractivity contribution >= 4 is 34.9 Å². The number of hydrogen-bond donors (Lipinski definition) is 1. The highest BCUT2D eigenvalue weighted by Gasteiger charge is 2.20. The summed E-state index contributed by atoms with van der Waals surface area (Å²) >= 11 is 1.31. The molecule has 8 heteroatoms. The van der Waals surface area contributed by atoms with Crippen LogP contribution in [0.3, 0.4) is 0 Å². The summed E-state index contributed by atoms with van der Waals surface area (Å²) in [4.78, 5) is 32.7. The number of aromatic nitrogens is 4. The Morgan fingerprint density at radius 2 is 1.78 bits per heavy atom. The predicted octanol–water partition coefficient (Wildman–Crippen LogP) is 3.37. The van der Waals surface area contributed by atoms with E-state index in [4.69, 9.17) is 0 Å². The topological polar surface area (TPSA) is 89.2 Å². The summed E-state index contributed by atoms with van der Waals surface area (Å²) in [7, 11) is 0. The summed E-state index contributed by atoms with van der Waals surface area (Å²) < 4.78 is 1.71. The minimum Gasteiger partial charge on any atom is -0.326 e. The summed E-state index contributed by atoms with van der Waals surface area (Å²) in [5.74, 6) is 0.369. The molecule has 3 rings (SSSR count). The van der Waals surface area contributed by atoms with Crippen LogP contribution < -0.4 is 5.32 Å². The number of fused-ring (bicyclic) bond motifs is 1. The number of ketones is 1. The number of benzene rings is 1. The highest BCUT2D eigenvalue weighted by atomic mass is 32.2. The molecule has 140 valence electrons. The first-order valence-electron chi connectivity index (χ1n) is 8.55. The van der Waals surface area contributed by atoms with E-state index in [1.54, 1.807) is 28.8 Å². The predicted molar refractivity (Wildman–Crippen MR) is 105 cm³/mol. The van der Waals surface area contributed by atoms with Crippen LogP contribution in [0.25, 0.3) is 5.78 Å². The minimum absolute atomic E-state index is 0.0229. The lowest BCUT2D eigenvalue weighted by molar-refractivity contribution is -0.114. The zero-order chi connectivity index (χ0) is 19.7. The maximum atomic E-state index is 12.7. The smallest absolute Gasteiger partial charge is 0.253 e. The van der Waals surface area contributed by atoms with E-state index in [-0.39, 0.29) is 16.9 Å². The highest BCUT2D eigenvalue weighted by Crippen LogP contribution is 2.24. The summed E-state index contributed by atoms with van der Waals surface area (Å²) in [6.45, 7) is 9.20. The molecule has 3 aromatic rings. The molecular weight excluding hydrogens is 362 g/mol. The Bertz CT molecular complexity index is 1030. The lowest BCUT2D eigenvalue weighted by Crippen LogP contribution is -2.14. The number of Topliss-reactive ketones (excluding diaryl/α,β-unsaturated/α-hetero) is 1. The highest BCUT2D eigenvalue weighted by molar-refractivity contribution is 8.00. The van der Waals surface area contributed by atoms with Gasteiger partial charge in [0.25, 0.3) is 5.78 Å². The van der Waals surface area contributed by atoms with E-state index >= 15 is 0 Å². The van der Waals surface area contributed by atoms with Crippen molar-refractivity contribution in [3.63, 3.8) is 0 Å². The number of carbonyl (C=O) groups excluding carboxylic acids is 2. The molecule has 0 spiro atoms. The largest absolute Gasteiger partial charge is 0.326 e. The van der Waals surface area contributed by atoms with E-state index in [1.807, 2.05) is 27.7 Å². The number of rotatable bonds is 5. The molecule has 0 aliphatic heterocycles. The van der Waals surface area contributed by atoms with Crippen molar-refractivity contribution in [3.8, 4) is 0 Å². The van der Waals surface area contributed by atoms with Crippen LogP contribution in [0.1, 0.15) is 41.2 Å². The number of hydrogen-bond acceptors (Lipinski definition) is 6. The average Bonchev–Trinajstić information content (AvgIpc) is 3.01. The Morgan fingerprint density at radius 3 is 2.41 bits per heavy atom. The van der Waals surface area contributed by atoms with Gasteiger partial charge >= 0.3 is 0 Å². The molecule has 2 aromatic heterocycles. The Hall–Kier alpha value is -2.74. The third kappa shape index (κ3) is 4.00. The lowest BCUT2D eigenvalue weighted by atomic mass is 10.1. The van der Waals surface area contributed by atoms with E-state index < -0.39 is 0 Å². The molecule has 0 fully saturated rings. The number of thioether (sulfide) groups is 1. The first-order chi connectivity index (χ1) is 12.8. The van der Waals surface area contributed by atoms with Gasteiger partial charge in [-0.3, -0.25) is 9.59 Å². The maximum absolute atomic E-state index is 12.7. The SMILES string of the molecule is CC(=O)Nc1ccc(C(=O)[C@@H](C)Sc2nc3nc(C)c(C)c(C)n3n2)cc1. The molecule has 27 heavy (non-hydrogen) atoms. The molecule has 1 aromatic carbocycles. The number of amides is 1. The van der Waals surface area contributed by atoms with E-state index in [0.29, 0.717) is 22.2 Å². The monoisotopic (exact) mass is 383 g/mol. The van der Waals surface area contributed by atoms with Crippen LogP contribution in [0.5, 0.6) is 0 Å². The molecule has 1 N–H and O–H groups in total. The van der Waals surface area contributed by atoms with Crippen molar-refractivity contribution in [2.24, 2.45) is 0 Å². The Labute approximate surface area is 161 Å². The van der Waals surface area contributed by atoms with E-state index in [0.717, 1.165) is 17.0 Å². The van der Waals surface area contributed by atoms with Gasteiger partial charge in [0, 0.05) is 29.6 Å². The van der Waals surface area contributed by atoms with Crippen LogP contribution >= 0.6 is 11.8 Å². The summed E-state index contributed by atoms with van der Waals surface area (Å²) in [5.41, 5.74) is 4.23. The van der Waals surface area contributed by atoms with E-state index in [2.05, 4.69) is 20.4 Å². The van der Waals surface area contributed by atoms with Gasteiger partial charge in [0.05, 0.1) is 5.25 Å². The van der Waals surface area contributed by atoms with Gasteiger partial charge in [-0.2, -0.15) is 4.98 Å².